The first-order chi connectivity index (χ1) is 9.11. The van der Waals surface area contributed by atoms with Gasteiger partial charge in [-0.3, -0.25) is 9.69 Å². The molecule has 0 radical (unpaired) electrons. The lowest BCUT2D eigenvalue weighted by Crippen LogP contribution is -2.46. The van der Waals surface area contributed by atoms with Crippen LogP contribution in [-0.2, 0) is 11.3 Å². The molecule has 1 fully saturated rings. The van der Waals surface area contributed by atoms with Crippen molar-refractivity contribution in [1.29, 1.82) is 0 Å². The number of hydrogen-bond donors (Lipinski definition) is 2. The van der Waals surface area contributed by atoms with Gasteiger partial charge in [0.2, 0.25) is 5.91 Å². The molecule has 1 aliphatic rings. The average molecular weight is 285 g/mol. The monoisotopic (exact) mass is 284 g/mol. The zero-order valence-electron chi connectivity index (χ0n) is 10.5. The first kappa shape index (κ1) is 14.3. The van der Waals surface area contributed by atoms with Gasteiger partial charge in [-0.25, -0.2) is 0 Å². The zero-order chi connectivity index (χ0) is 13.8. The average Bonchev–Trinajstić information content (AvgIpc) is 2.41. The fourth-order valence-corrected chi connectivity index (χ4v) is 2.35. The smallest absolute Gasteiger partial charge is 0.248 e. The van der Waals surface area contributed by atoms with E-state index in [0.29, 0.717) is 30.3 Å². The lowest BCUT2D eigenvalue weighted by Gasteiger charge is -2.34. The third-order valence-electron chi connectivity index (χ3n) is 3.27. The van der Waals surface area contributed by atoms with E-state index >= 15 is 0 Å². The Morgan fingerprint density at radius 3 is 3.00 bits per heavy atom. The van der Waals surface area contributed by atoms with Crippen molar-refractivity contribution in [3.63, 3.8) is 0 Å². The topological polar surface area (TPSA) is 75.8 Å². The van der Waals surface area contributed by atoms with Crippen molar-refractivity contribution in [2.45, 2.75) is 12.6 Å². The molecular formula is C13H17ClN2O3. The molecule has 1 aromatic carbocycles. The third-order valence-corrected chi connectivity index (χ3v) is 3.62. The molecule has 19 heavy (non-hydrogen) atoms. The normalized spacial score (nSPS) is 20.4. The number of carbonyl (C=O) groups is 1. The van der Waals surface area contributed by atoms with Crippen molar-refractivity contribution in [2.24, 2.45) is 5.73 Å². The van der Waals surface area contributed by atoms with E-state index in [1.165, 1.54) is 0 Å². The van der Waals surface area contributed by atoms with Gasteiger partial charge >= 0.3 is 0 Å². The van der Waals surface area contributed by atoms with Gasteiger partial charge in [0, 0.05) is 23.7 Å². The Morgan fingerprint density at radius 1 is 1.58 bits per heavy atom. The molecule has 0 saturated carbocycles. The van der Waals surface area contributed by atoms with Crippen LogP contribution in [0.25, 0.3) is 0 Å². The van der Waals surface area contributed by atoms with Crippen LogP contribution >= 0.6 is 11.6 Å². The van der Waals surface area contributed by atoms with Crippen LogP contribution < -0.4 is 5.73 Å². The van der Waals surface area contributed by atoms with E-state index in [9.17, 15) is 9.90 Å². The summed E-state index contributed by atoms with van der Waals surface area (Å²) in [4.78, 5) is 13.2. The molecule has 1 saturated heterocycles. The molecule has 1 aromatic rings. The van der Waals surface area contributed by atoms with Crippen LogP contribution in [0.3, 0.4) is 0 Å². The highest BCUT2D eigenvalue weighted by Gasteiger charge is 2.23. The van der Waals surface area contributed by atoms with E-state index in [1.54, 1.807) is 18.2 Å². The summed E-state index contributed by atoms with van der Waals surface area (Å²) in [5, 5.41) is 9.82. The van der Waals surface area contributed by atoms with E-state index < -0.39 is 5.91 Å². The Bertz CT molecular complexity index is 467. The van der Waals surface area contributed by atoms with Crippen molar-refractivity contribution in [3.8, 4) is 0 Å². The van der Waals surface area contributed by atoms with Gasteiger partial charge in [-0.2, -0.15) is 0 Å². The lowest BCUT2D eigenvalue weighted by atomic mass is 10.1. The SMILES string of the molecule is NC(=O)c1ccc(CN2CCOCC2CO)c(Cl)c1. The summed E-state index contributed by atoms with van der Waals surface area (Å²) in [6, 6.07) is 5.03. The van der Waals surface area contributed by atoms with E-state index in [4.69, 9.17) is 22.1 Å². The molecule has 1 heterocycles. The summed E-state index contributed by atoms with van der Waals surface area (Å²) in [6.45, 7) is 2.59. The summed E-state index contributed by atoms with van der Waals surface area (Å²) < 4.78 is 5.33. The molecule has 104 valence electrons. The second kappa shape index (κ2) is 6.34. The number of nitrogens with two attached hydrogens (primary N) is 1. The molecule has 1 atom stereocenters. The maximum Gasteiger partial charge on any atom is 0.248 e. The number of carbonyl (C=O) groups excluding carboxylic acids is 1. The third kappa shape index (κ3) is 3.45. The van der Waals surface area contributed by atoms with Crippen LogP contribution in [0.15, 0.2) is 18.2 Å². The Morgan fingerprint density at radius 2 is 2.37 bits per heavy atom. The van der Waals surface area contributed by atoms with Gasteiger partial charge in [-0.1, -0.05) is 17.7 Å². The number of aliphatic hydroxyl groups excluding tert-OH is 1. The highest BCUT2D eigenvalue weighted by molar-refractivity contribution is 6.31. The van der Waals surface area contributed by atoms with Crippen molar-refractivity contribution in [1.82, 2.24) is 4.90 Å². The summed E-state index contributed by atoms with van der Waals surface area (Å²) in [7, 11) is 0. The van der Waals surface area contributed by atoms with Crippen molar-refractivity contribution in [2.75, 3.05) is 26.4 Å². The summed E-state index contributed by atoms with van der Waals surface area (Å²) in [6.07, 6.45) is 0. The lowest BCUT2D eigenvalue weighted by molar-refractivity contribution is -0.0312. The maximum absolute atomic E-state index is 11.1. The van der Waals surface area contributed by atoms with Crippen molar-refractivity contribution in [3.05, 3.63) is 34.3 Å². The van der Waals surface area contributed by atoms with Gasteiger partial charge in [-0.15, -0.1) is 0 Å². The summed E-state index contributed by atoms with van der Waals surface area (Å²) in [5.74, 6) is -0.493. The number of rotatable bonds is 4. The highest BCUT2D eigenvalue weighted by atomic mass is 35.5. The van der Waals surface area contributed by atoms with Crippen molar-refractivity contribution < 1.29 is 14.6 Å². The second-order valence-corrected chi connectivity index (χ2v) is 4.96. The van der Waals surface area contributed by atoms with Crippen LogP contribution in [0.1, 0.15) is 15.9 Å². The predicted molar refractivity (Wildman–Crippen MR) is 72.1 cm³/mol. The summed E-state index contributed by atoms with van der Waals surface area (Å²) >= 11 is 6.16. The van der Waals surface area contributed by atoms with Gasteiger partial charge in [0.1, 0.15) is 0 Å². The molecule has 2 rings (SSSR count). The second-order valence-electron chi connectivity index (χ2n) is 4.55. The Balaban J connectivity index is 2.11. The minimum atomic E-state index is -0.493. The number of halogens is 1. The van der Waals surface area contributed by atoms with E-state index in [-0.39, 0.29) is 12.6 Å². The molecule has 6 heteroatoms. The highest BCUT2D eigenvalue weighted by Crippen LogP contribution is 2.21. The molecule has 0 spiro atoms. The Labute approximate surface area is 116 Å². The minimum absolute atomic E-state index is 0.0133. The number of morpholine rings is 1. The molecule has 1 aliphatic heterocycles. The number of primary amides is 1. The molecule has 1 unspecified atom stereocenters. The molecule has 0 bridgehead atoms. The molecule has 0 aromatic heterocycles. The molecule has 5 nitrogen and oxygen atoms in total. The number of aliphatic hydroxyl groups is 1. The van der Waals surface area contributed by atoms with Gasteiger partial charge in [0.05, 0.1) is 25.9 Å². The fraction of sp³-hybridized carbons (Fsp3) is 0.462. The van der Waals surface area contributed by atoms with Crippen LogP contribution in [0.2, 0.25) is 5.02 Å². The quantitative estimate of drug-likeness (QED) is 0.850. The fourth-order valence-electron chi connectivity index (χ4n) is 2.11. The molecule has 1 amide bonds. The van der Waals surface area contributed by atoms with Gasteiger partial charge in [0.15, 0.2) is 0 Å². The van der Waals surface area contributed by atoms with E-state index in [0.717, 1.165) is 12.1 Å². The number of hydrogen-bond acceptors (Lipinski definition) is 4. The minimum Gasteiger partial charge on any atom is -0.395 e. The van der Waals surface area contributed by atoms with Gasteiger partial charge in [-0.05, 0) is 17.7 Å². The van der Waals surface area contributed by atoms with Gasteiger partial charge in [0.25, 0.3) is 0 Å². The van der Waals surface area contributed by atoms with Crippen LogP contribution in [-0.4, -0.2) is 48.3 Å². The molecule has 3 N–H and O–H groups in total. The first-order valence-corrected chi connectivity index (χ1v) is 6.50. The van der Waals surface area contributed by atoms with E-state index in [1.807, 2.05) is 0 Å². The number of nitrogens with zero attached hydrogens (tertiary/aromatic N) is 1. The van der Waals surface area contributed by atoms with Gasteiger partial charge < -0.3 is 15.6 Å². The number of amides is 1. The zero-order valence-corrected chi connectivity index (χ0v) is 11.3. The maximum atomic E-state index is 11.1. The van der Waals surface area contributed by atoms with Crippen molar-refractivity contribution >= 4 is 17.5 Å². The number of ether oxygens (including phenoxy) is 1. The largest absolute Gasteiger partial charge is 0.395 e. The van der Waals surface area contributed by atoms with Crippen LogP contribution in [0.5, 0.6) is 0 Å². The standard InChI is InChI=1S/C13H17ClN2O3/c14-12-5-9(13(15)18)1-2-10(12)6-16-3-4-19-8-11(16)7-17/h1-2,5,11,17H,3-4,6-8H2,(H2,15,18). The first-order valence-electron chi connectivity index (χ1n) is 6.12. The predicted octanol–water partition coefficient (Wildman–Crippen LogP) is 0.632. The summed E-state index contributed by atoms with van der Waals surface area (Å²) in [5.41, 5.74) is 6.51. The molecule has 0 aliphatic carbocycles. The van der Waals surface area contributed by atoms with E-state index in [2.05, 4.69) is 4.90 Å². The molecular weight excluding hydrogens is 268 g/mol. The number of benzene rings is 1. The Hall–Kier alpha value is -1.14. The van der Waals surface area contributed by atoms with Crippen LogP contribution in [0.4, 0.5) is 0 Å². The Kier molecular flexibility index (Phi) is 4.76. The van der Waals surface area contributed by atoms with Crippen LogP contribution in [0, 0.1) is 0 Å².